The molecule has 0 bridgehead atoms. The number of hydrogen-bond donors (Lipinski definition) is 1. The van der Waals surface area contributed by atoms with E-state index >= 15 is 0 Å². The van der Waals surface area contributed by atoms with Crippen LogP contribution in [0.2, 0.25) is 5.22 Å². The molecule has 2 rings (SSSR count). The maximum Gasteiger partial charge on any atom is 0.229 e. The Bertz CT molecular complexity index is 665. The first-order chi connectivity index (χ1) is 11.0. The summed E-state index contributed by atoms with van der Waals surface area (Å²) in [5.74, 6) is 1.33. The van der Waals surface area contributed by atoms with Crippen LogP contribution >= 0.6 is 11.6 Å². The average molecular weight is 339 g/mol. The summed E-state index contributed by atoms with van der Waals surface area (Å²) in [7, 11) is 3.21. The number of methoxy groups -OCH3 is 2. The molecular weight excluding hydrogens is 320 g/mol. The number of nitrogens with one attached hydrogen (secondary N) is 1. The van der Waals surface area contributed by atoms with Crippen LogP contribution in [0.5, 0.6) is 11.5 Å². The highest BCUT2D eigenvalue weighted by molar-refractivity contribution is 6.29. The van der Waals surface area contributed by atoms with Crippen LogP contribution in [0, 0.1) is 6.92 Å². The third kappa shape index (κ3) is 4.39. The number of aromatic nitrogens is 1. The number of aryl methyl sites for hydroxylation is 1. The molecule has 1 heterocycles. The van der Waals surface area contributed by atoms with Crippen LogP contribution < -0.4 is 14.8 Å². The lowest BCUT2D eigenvalue weighted by atomic mass is 10.1. The number of carbonyl (C=O) groups excluding carboxylic acids is 1. The number of rotatable bonds is 7. The predicted molar refractivity (Wildman–Crippen MR) is 86.2 cm³/mol. The van der Waals surface area contributed by atoms with E-state index in [0.717, 1.165) is 17.1 Å². The zero-order chi connectivity index (χ0) is 16.8. The summed E-state index contributed by atoms with van der Waals surface area (Å²) in [6.07, 6.45) is 0.795. The van der Waals surface area contributed by atoms with E-state index in [9.17, 15) is 4.79 Å². The van der Waals surface area contributed by atoms with Gasteiger partial charge in [-0.25, -0.2) is 0 Å². The fourth-order valence-corrected chi connectivity index (χ4v) is 2.41. The minimum absolute atomic E-state index is 0.134. The fourth-order valence-electron chi connectivity index (χ4n) is 2.18. The first kappa shape index (κ1) is 17.1. The van der Waals surface area contributed by atoms with Crippen molar-refractivity contribution in [3.63, 3.8) is 0 Å². The van der Waals surface area contributed by atoms with Crippen molar-refractivity contribution >= 4 is 17.5 Å². The summed E-state index contributed by atoms with van der Waals surface area (Å²) in [5, 5.41) is 6.73. The summed E-state index contributed by atoms with van der Waals surface area (Å²) in [6, 6.07) is 5.60. The molecule has 0 fully saturated rings. The van der Waals surface area contributed by atoms with Crippen LogP contribution in [-0.2, 0) is 17.6 Å². The third-order valence-corrected chi connectivity index (χ3v) is 3.78. The summed E-state index contributed by atoms with van der Waals surface area (Å²) in [4.78, 5) is 12.0. The quantitative estimate of drug-likeness (QED) is 0.839. The van der Waals surface area contributed by atoms with Crippen molar-refractivity contribution in [3.05, 3.63) is 40.2 Å². The number of benzene rings is 1. The van der Waals surface area contributed by atoms with E-state index in [1.165, 1.54) is 0 Å². The van der Waals surface area contributed by atoms with Crippen molar-refractivity contribution in [3.8, 4) is 11.5 Å². The number of ether oxygens (including phenoxy) is 2. The van der Waals surface area contributed by atoms with Gasteiger partial charge < -0.3 is 19.3 Å². The van der Waals surface area contributed by atoms with Gasteiger partial charge >= 0.3 is 0 Å². The van der Waals surface area contributed by atoms with E-state index < -0.39 is 0 Å². The van der Waals surface area contributed by atoms with E-state index in [2.05, 4.69) is 10.5 Å². The molecule has 0 aliphatic rings. The topological polar surface area (TPSA) is 73.6 Å². The maximum absolute atomic E-state index is 12.0. The Hall–Kier alpha value is -2.21. The Balaban J connectivity index is 1.88. The van der Waals surface area contributed by atoms with Crippen LogP contribution in [0.4, 0.5) is 0 Å². The van der Waals surface area contributed by atoms with Crippen molar-refractivity contribution in [2.24, 2.45) is 0 Å². The Labute approximate surface area is 139 Å². The van der Waals surface area contributed by atoms with Crippen molar-refractivity contribution in [2.75, 3.05) is 20.8 Å². The zero-order valence-electron chi connectivity index (χ0n) is 13.3. The van der Waals surface area contributed by atoms with E-state index in [1.54, 1.807) is 21.1 Å². The molecule has 0 saturated carbocycles. The second-order valence-corrected chi connectivity index (χ2v) is 5.32. The number of nitrogens with zero attached hydrogens (tertiary/aromatic N) is 1. The SMILES string of the molecule is COc1ccc(CCNC(=O)Cc2c(C)noc2Cl)c(OC)c1. The monoisotopic (exact) mass is 338 g/mol. The molecule has 2 aromatic rings. The van der Waals surface area contributed by atoms with Gasteiger partial charge in [0.2, 0.25) is 11.1 Å². The number of carbonyl (C=O) groups is 1. The Morgan fingerprint density at radius 3 is 2.74 bits per heavy atom. The maximum atomic E-state index is 12.0. The van der Waals surface area contributed by atoms with Crippen molar-refractivity contribution in [2.45, 2.75) is 19.8 Å². The summed E-state index contributed by atoms with van der Waals surface area (Å²) in [5.41, 5.74) is 2.24. The van der Waals surface area contributed by atoms with Gasteiger partial charge in [0.1, 0.15) is 11.5 Å². The van der Waals surface area contributed by atoms with E-state index in [0.29, 0.717) is 24.2 Å². The molecule has 1 N–H and O–H groups in total. The molecule has 124 valence electrons. The van der Waals surface area contributed by atoms with Gasteiger partial charge in [-0.1, -0.05) is 11.2 Å². The van der Waals surface area contributed by atoms with Crippen molar-refractivity contribution in [1.82, 2.24) is 10.5 Å². The molecule has 7 heteroatoms. The van der Waals surface area contributed by atoms with Gasteiger partial charge in [-0.2, -0.15) is 0 Å². The molecule has 0 radical (unpaired) electrons. The highest BCUT2D eigenvalue weighted by Gasteiger charge is 2.14. The normalized spacial score (nSPS) is 10.4. The minimum Gasteiger partial charge on any atom is -0.497 e. The molecular formula is C16H19ClN2O4. The third-order valence-electron chi connectivity index (χ3n) is 3.48. The van der Waals surface area contributed by atoms with Gasteiger partial charge in [0, 0.05) is 18.2 Å². The largest absolute Gasteiger partial charge is 0.497 e. The standard InChI is InChI=1S/C16H19ClN2O4/c1-10-13(16(17)23-19-10)9-15(20)18-7-6-11-4-5-12(21-2)8-14(11)22-3/h4-5,8H,6-7,9H2,1-3H3,(H,18,20). The summed E-state index contributed by atoms with van der Waals surface area (Å²) < 4.78 is 15.3. The number of amides is 1. The number of halogens is 1. The number of hydrogen-bond acceptors (Lipinski definition) is 5. The average Bonchev–Trinajstić information content (AvgIpc) is 2.87. The van der Waals surface area contributed by atoms with Gasteiger partial charge in [-0.15, -0.1) is 0 Å². The summed E-state index contributed by atoms with van der Waals surface area (Å²) >= 11 is 5.85. The Morgan fingerprint density at radius 2 is 2.13 bits per heavy atom. The van der Waals surface area contributed by atoms with Crippen LogP contribution in [0.25, 0.3) is 0 Å². The Morgan fingerprint density at radius 1 is 1.35 bits per heavy atom. The molecule has 23 heavy (non-hydrogen) atoms. The van der Waals surface area contributed by atoms with E-state index in [4.69, 9.17) is 25.6 Å². The molecule has 0 spiro atoms. The predicted octanol–water partition coefficient (Wildman–Crippen LogP) is 2.56. The first-order valence-corrected chi connectivity index (χ1v) is 7.51. The molecule has 1 amide bonds. The molecule has 6 nitrogen and oxygen atoms in total. The molecule has 0 atom stereocenters. The van der Waals surface area contributed by atoms with Crippen molar-refractivity contribution < 1.29 is 18.8 Å². The lowest BCUT2D eigenvalue weighted by molar-refractivity contribution is -0.120. The second-order valence-electron chi connectivity index (χ2n) is 4.97. The molecule has 1 aromatic heterocycles. The van der Waals surface area contributed by atoms with E-state index in [1.807, 2.05) is 18.2 Å². The van der Waals surface area contributed by atoms with Gasteiger partial charge in [0.25, 0.3) is 0 Å². The smallest absolute Gasteiger partial charge is 0.229 e. The van der Waals surface area contributed by atoms with Gasteiger partial charge in [-0.05, 0) is 36.6 Å². The Kier molecular flexibility index (Phi) is 5.87. The van der Waals surface area contributed by atoms with Gasteiger partial charge in [0.05, 0.1) is 26.3 Å². The van der Waals surface area contributed by atoms with Crippen LogP contribution in [0.1, 0.15) is 16.8 Å². The molecule has 0 aliphatic heterocycles. The van der Waals surface area contributed by atoms with Gasteiger partial charge in [-0.3, -0.25) is 4.79 Å². The van der Waals surface area contributed by atoms with Crippen LogP contribution in [0.3, 0.4) is 0 Å². The lowest BCUT2D eigenvalue weighted by Gasteiger charge is -2.11. The van der Waals surface area contributed by atoms with Crippen molar-refractivity contribution in [1.29, 1.82) is 0 Å². The summed E-state index contributed by atoms with van der Waals surface area (Å²) in [6.45, 7) is 2.24. The molecule has 0 aliphatic carbocycles. The first-order valence-electron chi connectivity index (χ1n) is 7.13. The van der Waals surface area contributed by atoms with Crippen LogP contribution in [-0.4, -0.2) is 31.8 Å². The minimum atomic E-state index is -0.134. The molecule has 0 saturated heterocycles. The highest BCUT2D eigenvalue weighted by atomic mass is 35.5. The molecule has 0 unspecified atom stereocenters. The highest BCUT2D eigenvalue weighted by Crippen LogP contribution is 2.24. The van der Waals surface area contributed by atoms with E-state index in [-0.39, 0.29) is 17.5 Å². The molecule has 1 aromatic carbocycles. The fraction of sp³-hybridized carbons (Fsp3) is 0.375. The lowest BCUT2D eigenvalue weighted by Crippen LogP contribution is -2.27. The second kappa shape index (κ2) is 7.87. The zero-order valence-corrected chi connectivity index (χ0v) is 14.1. The van der Waals surface area contributed by atoms with Gasteiger partial charge in [0.15, 0.2) is 0 Å². The van der Waals surface area contributed by atoms with Crippen LogP contribution in [0.15, 0.2) is 22.7 Å².